The van der Waals surface area contributed by atoms with Crippen LogP contribution in [0.15, 0.2) is 42.5 Å². The number of anilines is 1. The summed E-state index contributed by atoms with van der Waals surface area (Å²) in [6, 6.07) is 15.0. The molecule has 2 amide bonds. The highest BCUT2D eigenvalue weighted by atomic mass is 16.2. The van der Waals surface area contributed by atoms with Gasteiger partial charge in [0.25, 0.3) is 0 Å². The van der Waals surface area contributed by atoms with E-state index in [9.17, 15) is 4.79 Å². The molecule has 23 heavy (non-hydrogen) atoms. The van der Waals surface area contributed by atoms with Gasteiger partial charge in [-0.3, -0.25) is 4.90 Å². The summed E-state index contributed by atoms with van der Waals surface area (Å²) in [5, 5.41) is 8.40. The van der Waals surface area contributed by atoms with Gasteiger partial charge in [0.1, 0.15) is 0 Å². The van der Waals surface area contributed by atoms with Crippen molar-refractivity contribution in [3.63, 3.8) is 0 Å². The van der Waals surface area contributed by atoms with Crippen molar-refractivity contribution in [1.82, 2.24) is 10.2 Å². The van der Waals surface area contributed by atoms with Crippen LogP contribution in [0.2, 0.25) is 0 Å². The molecule has 2 aromatic carbocycles. The molecule has 0 bridgehead atoms. The SMILES string of the molecule is CC1CN(C2CC2)CC1NC(=O)Nc1cccc2ccccc12. The molecule has 4 nitrogen and oxygen atoms in total. The topological polar surface area (TPSA) is 44.4 Å². The van der Waals surface area contributed by atoms with Gasteiger partial charge in [0.05, 0.1) is 5.69 Å². The summed E-state index contributed by atoms with van der Waals surface area (Å²) in [6.45, 7) is 4.31. The van der Waals surface area contributed by atoms with E-state index in [0.29, 0.717) is 5.92 Å². The fourth-order valence-corrected chi connectivity index (χ4v) is 3.59. The summed E-state index contributed by atoms with van der Waals surface area (Å²) < 4.78 is 0. The first-order valence-electron chi connectivity index (χ1n) is 8.50. The minimum Gasteiger partial charge on any atom is -0.334 e. The smallest absolute Gasteiger partial charge is 0.319 e. The number of nitrogens with one attached hydrogen (secondary N) is 2. The molecule has 0 radical (unpaired) electrons. The summed E-state index contributed by atoms with van der Waals surface area (Å²) >= 11 is 0. The average molecular weight is 309 g/mol. The normalized spacial score (nSPS) is 24.7. The molecule has 2 aromatic rings. The van der Waals surface area contributed by atoms with Crippen LogP contribution < -0.4 is 10.6 Å². The molecule has 120 valence electrons. The predicted octanol–water partition coefficient (Wildman–Crippen LogP) is 3.44. The second-order valence-electron chi connectivity index (χ2n) is 6.89. The Morgan fingerprint density at radius 2 is 1.87 bits per heavy atom. The molecule has 2 fully saturated rings. The number of benzene rings is 2. The van der Waals surface area contributed by atoms with Crippen molar-refractivity contribution >= 4 is 22.5 Å². The van der Waals surface area contributed by atoms with Crippen LogP contribution in [-0.2, 0) is 0 Å². The van der Waals surface area contributed by atoms with Gasteiger partial charge in [-0.25, -0.2) is 4.79 Å². The van der Waals surface area contributed by atoms with Gasteiger partial charge in [-0.1, -0.05) is 43.3 Å². The molecular weight excluding hydrogens is 286 g/mol. The Kier molecular flexibility index (Phi) is 3.69. The van der Waals surface area contributed by atoms with Crippen LogP contribution in [0.25, 0.3) is 10.8 Å². The maximum atomic E-state index is 12.4. The van der Waals surface area contributed by atoms with Crippen molar-refractivity contribution in [2.24, 2.45) is 5.92 Å². The maximum Gasteiger partial charge on any atom is 0.319 e. The highest BCUT2D eigenvalue weighted by Gasteiger charge is 2.38. The predicted molar refractivity (Wildman–Crippen MR) is 93.6 cm³/mol. The monoisotopic (exact) mass is 309 g/mol. The van der Waals surface area contributed by atoms with Crippen LogP contribution in [-0.4, -0.2) is 36.1 Å². The summed E-state index contributed by atoms with van der Waals surface area (Å²) in [7, 11) is 0. The minimum absolute atomic E-state index is 0.101. The number of urea groups is 1. The number of fused-ring (bicyclic) bond motifs is 1. The lowest BCUT2D eigenvalue weighted by molar-refractivity contribution is 0.246. The summed E-state index contributed by atoms with van der Waals surface area (Å²) in [5.41, 5.74) is 0.866. The lowest BCUT2D eigenvalue weighted by atomic mass is 10.1. The van der Waals surface area contributed by atoms with E-state index in [1.807, 2.05) is 30.3 Å². The zero-order chi connectivity index (χ0) is 15.8. The standard InChI is InChI=1S/C19H23N3O/c1-13-11-22(15-9-10-15)12-18(13)21-19(23)20-17-8-4-6-14-5-2-3-7-16(14)17/h2-8,13,15,18H,9-12H2,1H3,(H2,20,21,23). The summed E-state index contributed by atoms with van der Waals surface area (Å²) in [6.07, 6.45) is 2.64. The van der Waals surface area contributed by atoms with E-state index in [4.69, 9.17) is 0 Å². The molecule has 2 atom stereocenters. The molecule has 1 saturated heterocycles. The molecule has 1 saturated carbocycles. The highest BCUT2D eigenvalue weighted by Crippen LogP contribution is 2.31. The maximum absolute atomic E-state index is 12.4. The Morgan fingerprint density at radius 3 is 2.70 bits per heavy atom. The van der Waals surface area contributed by atoms with Crippen LogP contribution in [0, 0.1) is 5.92 Å². The Balaban J connectivity index is 1.43. The molecule has 0 spiro atoms. The van der Waals surface area contributed by atoms with E-state index in [-0.39, 0.29) is 12.1 Å². The van der Waals surface area contributed by atoms with Gasteiger partial charge in [0, 0.05) is 30.6 Å². The second kappa shape index (κ2) is 5.85. The molecule has 1 aliphatic heterocycles. The lowest BCUT2D eigenvalue weighted by Crippen LogP contribution is -2.42. The number of rotatable bonds is 3. The fraction of sp³-hybridized carbons (Fsp3) is 0.421. The van der Waals surface area contributed by atoms with E-state index >= 15 is 0 Å². The Labute approximate surface area is 136 Å². The van der Waals surface area contributed by atoms with Crippen molar-refractivity contribution in [1.29, 1.82) is 0 Å². The molecule has 2 aliphatic rings. The van der Waals surface area contributed by atoms with E-state index in [0.717, 1.165) is 35.6 Å². The molecule has 0 aromatic heterocycles. The third-order valence-corrected chi connectivity index (χ3v) is 5.06. The van der Waals surface area contributed by atoms with Crippen LogP contribution in [0.5, 0.6) is 0 Å². The van der Waals surface area contributed by atoms with Crippen LogP contribution in [0.1, 0.15) is 19.8 Å². The van der Waals surface area contributed by atoms with Crippen molar-refractivity contribution in [2.75, 3.05) is 18.4 Å². The molecular formula is C19H23N3O. The molecule has 4 heteroatoms. The first kappa shape index (κ1) is 14.5. The van der Waals surface area contributed by atoms with Gasteiger partial charge < -0.3 is 10.6 Å². The largest absolute Gasteiger partial charge is 0.334 e. The first-order valence-corrected chi connectivity index (χ1v) is 8.50. The number of amides is 2. The number of carbonyl (C=O) groups is 1. The minimum atomic E-state index is -0.101. The third kappa shape index (κ3) is 3.04. The van der Waals surface area contributed by atoms with Crippen molar-refractivity contribution < 1.29 is 4.79 Å². The van der Waals surface area contributed by atoms with E-state index in [1.165, 1.54) is 12.8 Å². The van der Waals surface area contributed by atoms with Crippen LogP contribution >= 0.6 is 0 Å². The number of hydrogen-bond acceptors (Lipinski definition) is 2. The molecule has 2 unspecified atom stereocenters. The number of nitrogens with zero attached hydrogens (tertiary/aromatic N) is 1. The Bertz CT molecular complexity index is 720. The van der Waals surface area contributed by atoms with Gasteiger partial charge in [-0.05, 0) is 30.2 Å². The number of likely N-dealkylation sites (tertiary alicyclic amines) is 1. The van der Waals surface area contributed by atoms with E-state index in [2.05, 4.69) is 34.6 Å². The van der Waals surface area contributed by atoms with Crippen molar-refractivity contribution in [3.8, 4) is 0 Å². The van der Waals surface area contributed by atoms with Gasteiger partial charge in [0.15, 0.2) is 0 Å². The average Bonchev–Trinajstić information content (AvgIpc) is 3.33. The zero-order valence-electron chi connectivity index (χ0n) is 13.5. The quantitative estimate of drug-likeness (QED) is 0.912. The van der Waals surface area contributed by atoms with Crippen LogP contribution in [0.3, 0.4) is 0 Å². The van der Waals surface area contributed by atoms with E-state index < -0.39 is 0 Å². The molecule has 1 heterocycles. The van der Waals surface area contributed by atoms with Crippen molar-refractivity contribution in [3.05, 3.63) is 42.5 Å². The van der Waals surface area contributed by atoms with E-state index in [1.54, 1.807) is 0 Å². The second-order valence-corrected chi connectivity index (χ2v) is 6.89. The zero-order valence-corrected chi connectivity index (χ0v) is 13.5. The molecule has 1 aliphatic carbocycles. The van der Waals surface area contributed by atoms with Gasteiger partial charge in [-0.15, -0.1) is 0 Å². The van der Waals surface area contributed by atoms with Gasteiger partial charge in [-0.2, -0.15) is 0 Å². The molecule has 2 N–H and O–H groups in total. The van der Waals surface area contributed by atoms with Gasteiger partial charge in [0.2, 0.25) is 0 Å². The Morgan fingerprint density at radius 1 is 1.09 bits per heavy atom. The number of carbonyl (C=O) groups excluding carboxylic acids is 1. The molecule has 4 rings (SSSR count). The Hall–Kier alpha value is -2.07. The number of hydrogen-bond donors (Lipinski definition) is 2. The van der Waals surface area contributed by atoms with Gasteiger partial charge >= 0.3 is 6.03 Å². The first-order chi connectivity index (χ1) is 11.2. The fourth-order valence-electron chi connectivity index (χ4n) is 3.59. The lowest BCUT2D eigenvalue weighted by Gasteiger charge is -2.18. The van der Waals surface area contributed by atoms with Crippen molar-refractivity contribution in [2.45, 2.75) is 31.8 Å². The summed E-state index contributed by atoms with van der Waals surface area (Å²) in [5.74, 6) is 0.508. The third-order valence-electron chi connectivity index (χ3n) is 5.06. The highest BCUT2D eigenvalue weighted by molar-refractivity contribution is 6.01. The summed E-state index contributed by atoms with van der Waals surface area (Å²) in [4.78, 5) is 14.9. The van der Waals surface area contributed by atoms with Crippen LogP contribution in [0.4, 0.5) is 10.5 Å².